The molecule has 7 nitrogen and oxygen atoms in total. The van der Waals surface area contributed by atoms with Crippen LogP contribution in [0.2, 0.25) is 0 Å². The number of carbonyl (C=O) groups is 1. The fourth-order valence-corrected chi connectivity index (χ4v) is 2.49. The maximum Gasteiger partial charge on any atom is 0.251 e. The topological polar surface area (TPSA) is 107 Å². The molecule has 2 aromatic rings. The van der Waals surface area contributed by atoms with Crippen LogP contribution in [-0.4, -0.2) is 30.4 Å². The summed E-state index contributed by atoms with van der Waals surface area (Å²) in [5, 5.41) is 6.80. The van der Waals surface area contributed by atoms with E-state index in [1.54, 1.807) is 24.0 Å². The van der Waals surface area contributed by atoms with Crippen molar-refractivity contribution in [2.24, 2.45) is 7.05 Å². The third kappa shape index (κ3) is 3.82. The highest BCUT2D eigenvalue weighted by molar-refractivity contribution is 7.90. The van der Waals surface area contributed by atoms with Crippen LogP contribution in [0.15, 0.2) is 35.4 Å². The van der Waals surface area contributed by atoms with Crippen molar-refractivity contribution in [1.29, 1.82) is 0 Å². The number of anilines is 1. The van der Waals surface area contributed by atoms with Gasteiger partial charge in [0, 0.05) is 30.8 Å². The van der Waals surface area contributed by atoms with Crippen molar-refractivity contribution in [3.05, 3.63) is 41.7 Å². The number of nitrogens with two attached hydrogens (primary N) is 1. The molecule has 1 aromatic heterocycles. The molecule has 2 rings (SSSR count). The van der Waals surface area contributed by atoms with Crippen molar-refractivity contribution in [2.45, 2.75) is 11.4 Å². The van der Waals surface area contributed by atoms with Gasteiger partial charge < -0.3 is 11.1 Å². The van der Waals surface area contributed by atoms with Crippen molar-refractivity contribution in [3.63, 3.8) is 0 Å². The van der Waals surface area contributed by atoms with Gasteiger partial charge in [-0.1, -0.05) is 0 Å². The van der Waals surface area contributed by atoms with Gasteiger partial charge in [0.05, 0.1) is 17.1 Å². The minimum Gasteiger partial charge on any atom is -0.399 e. The Bertz CT molecular complexity index is 780. The number of nitrogens with zero attached hydrogens (tertiary/aromatic N) is 2. The summed E-state index contributed by atoms with van der Waals surface area (Å²) in [5.74, 6) is -0.405. The number of aromatic nitrogens is 2. The van der Waals surface area contributed by atoms with Crippen molar-refractivity contribution in [1.82, 2.24) is 15.1 Å². The third-order valence-electron chi connectivity index (χ3n) is 2.82. The molecule has 0 aliphatic carbocycles. The number of nitrogen functional groups attached to an aromatic ring is 1. The number of hydrogen-bond acceptors (Lipinski definition) is 5. The molecule has 0 saturated heterocycles. The number of aryl methyl sites for hydroxylation is 1. The minimum atomic E-state index is -3.42. The molecule has 0 radical (unpaired) electrons. The summed E-state index contributed by atoms with van der Waals surface area (Å²) >= 11 is 0. The quantitative estimate of drug-likeness (QED) is 0.792. The normalized spacial score (nSPS) is 11.3. The van der Waals surface area contributed by atoms with E-state index < -0.39 is 15.7 Å². The average Bonchev–Trinajstić information content (AvgIpc) is 2.80. The second-order valence-corrected chi connectivity index (χ2v) is 6.74. The lowest BCUT2D eigenvalue weighted by atomic mass is 10.2. The second kappa shape index (κ2) is 5.57. The molecule has 0 atom stereocenters. The number of sulfone groups is 1. The zero-order valence-corrected chi connectivity index (χ0v) is 12.5. The average molecular weight is 308 g/mol. The Morgan fingerprint density at radius 1 is 1.38 bits per heavy atom. The molecule has 0 spiro atoms. The molecular weight excluding hydrogens is 292 g/mol. The van der Waals surface area contributed by atoms with Gasteiger partial charge in [0.25, 0.3) is 5.91 Å². The van der Waals surface area contributed by atoms with Crippen LogP contribution < -0.4 is 11.1 Å². The van der Waals surface area contributed by atoms with Crippen LogP contribution in [0.3, 0.4) is 0 Å². The Labute approximate surface area is 122 Å². The highest BCUT2D eigenvalue weighted by Crippen LogP contribution is 2.16. The molecule has 0 unspecified atom stereocenters. The number of amides is 1. The highest BCUT2D eigenvalue weighted by atomic mass is 32.2. The van der Waals surface area contributed by atoms with E-state index >= 15 is 0 Å². The minimum absolute atomic E-state index is 0.0190. The van der Waals surface area contributed by atoms with Gasteiger partial charge in [-0.25, -0.2) is 8.42 Å². The largest absolute Gasteiger partial charge is 0.399 e. The number of rotatable bonds is 4. The van der Waals surface area contributed by atoms with Crippen LogP contribution in [0.5, 0.6) is 0 Å². The smallest absolute Gasteiger partial charge is 0.251 e. The fourth-order valence-electron chi connectivity index (χ4n) is 1.80. The molecule has 1 aromatic carbocycles. The first-order chi connectivity index (χ1) is 9.75. The number of benzene rings is 1. The molecule has 3 N–H and O–H groups in total. The van der Waals surface area contributed by atoms with Crippen LogP contribution in [0, 0.1) is 0 Å². The zero-order chi connectivity index (χ0) is 15.6. The molecule has 21 heavy (non-hydrogen) atoms. The van der Waals surface area contributed by atoms with Crippen molar-refractivity contribution in [3.8, 4) is 0 Å². The Morgan fingerprint density at radius 2 is 2.10 bits per heavy atom. The molecule has 1 amide bonds. The third-order valence-corrected chi connectivity index (χ3v) is 3.91. The maximum atomic E-state index is 12.1. The van der Waals surface area contributed by atoms with E-state index in [-0.39, 0.29) is 22.7 Å². The lowest BCUT2D eigenvalue weighted by molar-refractivity contribution is 0.0950. The molecule has 8 heteroatoms. The maximum absolute atomic E-state index is 12.1. The molecule has 1 heterocycles. The molecule has 0 fully saturated rings. The highest BCUT2D eigenvalue weighted by Gasteiger charge is 2.13. The van der Waals surface area contributed by atoms with E-state index in [9.17, 15) is 13.2 Å². The van der Waals surface area contributed by atoms with E-state index in [0.29, 0.717) is 5.69 Å². The summed E-state index contributed by atoms with van der Waals surface area (Å²) in [6.07, 6.45) is 2.83. The van der Waals surface area contributed by atoms with Gasteiger partial charge >= 0.3 is 0 Å². The number of nitrogens with one attached hydrogen (secondary N) is 1. The summed E-state index contributed by atoms with van der Waals surface area (Å²) in [7, 11) is -1.64. The van der Waals surface area contributed by atoms with Crippen molar-refractivity contribution in [2.75, 3.05) is 12.0 Å². The molecular formula is C13H16N4O3S. The van der Waals surface area contributed by atoms with Crippen LogP contribution >= 0.6 is 0 Å². The SMILES string of the molecule is Cn1ccc(CNC(=O)c2cc(N)cc(S(C)(=O)=O)c2)n1. The van der Waals surface area contributed by atoms with E-state index in [1.165, 1.54) is 18.2 Å². The molecule has 0 aliphatic rings. The van der Waals surface area contributed by atoms with E-state index in [1.807, 2.05) is 0 Å². The van der Waals surface area contributed by atoms with Crippen LogP contribution in [-0.2, 0) is 23.4 Å². The van der Waals surface area contributed by atoms with E-state index in [2.05, 4.69) is 10.4 Å². The fraction of sp³-hybridized carbons (Fsp3) is 0.231. The lowest BCUT2D eigenvalue weighted by Crippen LogP contribution is -2.23. The van der Waals surface area contributed by atoms with Gasteiger partial charge in [-0.3, -0.25) is 9.48 Å². The monoisotopic (exact) mass is 308 g/mol. The molecule has 0 saturated carbocycles. The summed E-state index contributed by atoms with van der Waals surface area (Å²) in [4.78, 5) is 12.1. The van der Waals surface area contributed by atoms with Gasteiger partial charge in [0.2, 0.25) is 0 Å². The van der Waals surface area contributed by atoms with Gasteiger partial charge in [0.15, 0.2) is 9.84 Å². The summed E-state index contributed by atoms with van der Waals surface area (Å²) < 4.78 is 24.7. The first-order valence-corrected chi connectivity index (χ1v) is 8.02. The first-order valence-electron chi connectivity index (χ1n) is 6.13. The van der Waals surface area contributed by atoms with Crippen LogP contribution in [0.4, 0.5) is 5.69 Å². The van der Waals surface area contributed by atoms with E-state index in [0.717, 1.165) is 6.26 Å². The van der Waals surface area contributed by atoms with Crippen molar-refractivity contribution >= 4 is 21.4 Å². The summed E-state index contributed by atoms with van der Waals surface area (Å²) in [6, 6.07) is 5.84. The van der Waals surface area contributed by atoms with Crippen LogP contribution in [0.25, 0.3) is 0 Å². The molecule has 0 aliphatic heterocycles. The van der Waals surface area contributed by atoms with E-state index in [4.69, 9.17) is 5.73 Å². The predicted molar refractivity (Wildman–Crippen MR) is 78.3 cm³/mol. The zero-order valence-electron chi connectivity index (χ0n) is 11.7. The predicted octanol–water partition coefficient (Wildman–Crippen LogP) is 0.336. The second-order valence-electron chi connectivity index (χ2n) is 4.73. The Kier molecular flexibility index (Phi) is 3.99. The van der Waals surface area contributed by atoms with Crippen molar-refractivity contribution < 1.29 is 13.2 Å². The standard InChI is InChI=1S/C13H16N4O3S/c1-17-4-3-11(16-17)8-15-13(18)9-5-10(14)7-12(6-9)21(2,19)20/h3-7H,8,14H2,1-2H3,(H,15,18). The molecule has 112 valence electrons. The van der Waals surface area contributed by atoms with Gasteiger partial charge in [-0.2, -0.15) is 5.10 Å². The summed E-state index contributed by atoms with van der Waals surface area (Å²) in [5.41, 5.74) is 6.77. The first kappa shape index (κ1) is 15.0. The number of carbonyl (C=O) groups excluding carboxylic acids is 1. The Hall–Kier alpha value is -2.35. The van der Waals surface area contributed by atoms with Gasteiger partial charge in [-0.15, -0.1) is 0 Å². The summed E-state index contributed by atoms with van der Waals surface area (Å²) in [6.45, 7) is 0.253. The molecule has 0 bridgehead atoms. The van der Waals surface area contributed by atoms with Gasteiger partial charge in [0.1, 0.15) is 0 Å². The Balaban J connectivity index is 2.17. The lowest BCUT2D eigenvalue weighted by Gasteiger charge is -2.07. The Morgan fingerprint density at radius 3 is 2.67 bits per heavy atom. The van der Waals surface area contributed by atoms with Gasteiger partial charge in [-0.05, 0) is 24.3 Å². The number of hydrogen-bond donors (Lipinski definition) is 2. The van der Waals surface area contributed by atoms with Crippen LogP contribution in [0.1, 0.15) is 16.1 Å².